The van der Waals surface area contributed by atoms with Crippen LogP contribution in [-0.2, 0) is 12.8 Å². The Labute approximate surface area is 204 Å². The average molecular weight is 466 g/mol. The van der Waals surface area contributed by atoms with Crippen LogP contribution in [-0.4, -0.2) is 26.6 Å². The fourth-order valence-corrected chi connectivity index (χ4v) is 4.05. The molecule has 2 aromatic carbocycles. The first-order valence-corrected chi connectivity index (χ1v) is 11.6. The van der Waals surface area contributed by atoms with E-state index in [0.717, 1.165) is 41.6 Å². The summed E-state index contributed by atoms with van der Waals surface area (Å²) < 4.78 is 6.60. The van der Waals surface area contributed by atoms with E-state index in [9.17, 15) is 10.1 Å². The van der Waals surface area contributed by atoms with Crippen molar-refractivity contribution in [2.24, 2.45) is 0 Å². The number of nitrogens with zero attached hydrogens (tertiary/aromatic N) is 5. The third-order valence-corrected chi connectivity index (χ3v) is 5.94. The van der Waals surface area contributed by atoms with Crippen LogP contribution < -0.4 is 10.3 Å². The molecule has 2 heterocycles. The van der Waals surface area contributed by atoms with Gasteiger partial charge in [-0.1, -0.05) is 55.8 Å². The van der Waals surface area contributed by atoms with Gasteiger partial charge in [-0.2, -0.15) is 5.26 Å². The molecule has 0 aliphatic heterocycles. The maximum Gasteiger partial charge on any atom is 0.264 e. The maximum atomic E-state index is 13.7. The lowest BCUT2D eigenvalue weighted by Crippen LogP contribution is -2.29. The summed E-state index contributed by atoms with van der Waals surface area (Å²) >= 11 is 0. The van der Waals surface area contributed by atoms with Crippen LogP contribution in [0.3, 0.4) is 0 Å². The highest BCUT2D eigenvalue weighted by Crippen LogP contribution is 2.24. The molecule has 0 amide bonds. The van der Waals surface area contributed by atoms with Gasteiger partial charge < -0.3 is 4.74 Å². The van der Waals surface area contributed by atoms with Crippen LogP contribution >= 0.6 is 0 Å². The lowest BCUT2D eigenvalue weighted by atomic mass is 9.97. The molecule has 7 heteroatoms. The molecule has 0 spiro atoms. The summed E-state index contributed by atoms with van der Waals surface area (Å²) in [6.45, 7) is 3.92. The van der Waals surface area contributed by atoms with Crippen molar-refractivity contribution < 1.29 is 4.74 Å². The molecule has 0 saturated carbocycles. The highest BCUT2D eigenvalue weighted by Gasteiger charge is 2.18. The van der Waals surface area contributed by atoms with Gasteiger partial charge in [0.15, 0.2) is 5.75 Å². The van der Waals surface area contributed by atoms with E-state index in [1.165, 1.54) is 17.0 Å². The third-order valence-electron chi connectivity index (χ3n) is 5.94. The van der Waals surface area contributed by atoms with E-state index in [0.29, 0.717) is 29.1 Å². The SMILES string of the molecule is CCCCc1nc(C)n(-c2ncc(OC)cn2)c(=O)c1Cc1ccc(-c2ccccc2C#N)cc1. The van der Waals surface area contributed by atoms with Crippen molar-refractivity contribution in [3.05, 3.63) is 99.5 Å². The molecule has 0 radical (unpaired) electrons. The Morgan fingerprint density at radius 3 is 2.43 bits per heavy atom. The average Bonchev–Trinajstić information content (AvgIpc) is 2.90. The molecule has 0 aliphatic carbocycles. The summed E-state index contributed by atoms with van der Waals surface area (Å²) in [5.74, 6) is 1.34. The van der Waals surface area contributed by atoms with E-state index < -0.39 is 0 Å². The van der Waals surface area contributed by atoms with Gasteiger partial charge in [-0.25, -0.2) is 19.5 Å². The molecule has 2 aromatic heterocycles. The summed E-state index contributed by atoms with van der Waals surface area (Å²) in [5.41, 5.74) is 4.78. The number of aryl methyl sites for hydroxylation is 2. The Balaban J connectivity index is 1.73. The number of ether oxygens (including phenoxy) is 1. The summed E-state index contributed by atoms with van der Waals surface area (Å²) in [7, 11) is 1.54. The van der Waals surface area contributed by atoms with E-state index >= 15 is 0 Å². The van der Waals surface area contributed by atoms with E-state index in [4.69, 9.17) is 9.72 Å². The monoisotopic (exact) mass is 465 g/mol. The zero-order chi connectivity index (χ0) is 24.8. The number of hydrogen-bond acceptors (Lipinski definition) is 6. The molecular weight excluding hydrogens is 438 g/mol. The standard InChI is InChI=1S/C28H27N5O2/c1-4-5-10-26-25(27(34)33(19(2)32-26)28-30-17-23(35-3)18-31-28)15-20-11-13-21(14-12-20)24-9-7-6-8-22(24)16-29/h6-9,11-14,17-18H,4-5,10,15H2,1-3H3. The molecule has 0 atom stereocenters. The summed E-state index contributed by atoms with van der Waals surface area (Å²) in [6.07, 6.45) is 6.22. The fraction of sp³-hybridized carbons (Fsp3) is 0.250. The summed E-state index contributed by atoms with van der Waals surface area (Å²) in [6, 6.07) is 17.8. The van der Waals surface area contributed by atoms with Crippen LogP contribution in [0.4, 0.5) is 0 Å². The second-order valence-corrected chi connectivity index (χ2v) is 8.28. The molecule has 0 fully saturated rings. The first-order chi connectivity index (χ1) is 17.0. The smallest absolute Gasteiger partial charge is 0.264 e. The highest BCUT2D eigenvalue weighted by molar-refractivity contribution is 5.70. The van der Waals surface area contributed by atoms with Crippen molar-refractivity contribution in [2.45, 2.75) is 39.5 Å². The largest absolute Gasteiger partial charge is 0.494 e. The van der Waals surface area contributed by atoms with Crippen molar-refractivity contribution >= 4 is 0 Å². The molecule has 4 aromatic rings. The topological polar surface area (TPSA) is 93.7 Å². The zero-order valence-corrected chi connectivity index (χ0v) is 20.2. The van der Waals surface area contributed by atoms with Crippen molar-refractivity contribution in [3.63, 3.8) is 0 Å². The van der Waals surface area contributed by atoms with Gasteiger partial charge in [0.1, 0.15) is 5.82 Å². The predicted molar refractivity (Wildman–Crippen MR) is 135 cm³/mol. The van der Waals surface area contributed by atoms with Crippen molar-refractivity contribution in [1.82, 2.24) is 19.5 Å². The van der Waals surface area contributed by atoms with E-state index in [-0.39, 0.29) is 11.5 Å². The lowest BCUT2D eigenvalue weighted by molar-refractivity contribution is 0.410. The molecule has 0 N–H and O–H groups in total. The van der Waals surface area contributed by atoms with Gasteiger partial charge in [0, 0.05) is 12.0 Å². The zero-order valence-electron chi connectivity index (χ0n) is 20.2. The number of methoxy groups -OCH3 is 1. The quantitative estimate of drug-likeness (QED) is 0.371. The Kier molecular flexibility index (Phi) is 7.32. The van der Waals surface area contributed by atoms with Gasteiger partial charge in [0.2, 0.25) is 5.95 Å². The molecular formula is C28H27N5O2. The lowest BCUT2D eigenvalue weighted by Gasteiger charge is -2.15. The predicted octanol–water partition coefficient (Wildman–Crippen LogP) is 4.81. The molecule has 7 nitrogen and oxygen atoms in total. The minimum atomic E-state index is -0.160. The molecule has 0 unspecified atom stereocenters. The number of nitriles is 1. The minimum Gasteiger partial charge on any atom is -0.494 e. The second-order valence-electron chi connectivity index (χ2n) is 8.28. The van der Waals surface area contributed by atoms with E-state index in [1.54, 1.807) is 14.0 Å². The second kappa shape index (κ2) is 10.7. The van der Waals surface area contributed by atoms with E-state index in [2.05, 4.69) is 23.0 Å². The molecule has 35 heavy (non-hydrogen) atoms. The molecule has 0 aliphatic rings. The number of benzene rings is 2. The van der Waals surface area contributed by atoms with Gasteiger partial charge in [0.25, 0.3) is 5.56 Å². The Bertz CT molecular complexity index is 1420. The fourth-order valence-electron chi connectivity index (χ4n) is 4.05. The van der Waals surface area contributed by atoms with Gasteiger partial charge in [0.05, 0.1) is 36.8 Å². The van der Waals surface area contributed by atoms with Crippen LogP contribution in [0.5, 0.6) is 5.75 Å². The van der Waals surface area contributed by atoms with Crippen LogP contribution in [0.15, 0.2) is 65.7 Å². The first kappa shape index (κ1) is 23.8. The van der Waals surface area contributed by atoms with Gasteiger partial charge >= 0.3 is 0 Å². The maximum absolute atomic E-state index is 13.7. The third kappa shape index (κ3) is 5.12. The van der Waals surface area contributed by atoms with Gasteiger partial charge in [-0.3, -0.25) is 4.79 Å². The minimum absolute atomic E-state index is 0.160. The van der Waals surface area contributed by atoms with Crippen molar-refractivity contribution in [1.29, 1.82) is 5.26 Å². The van der Waals surface area contributed by atoms with Crippen molar-refractivity contribution in [2.75, 3.05) is 7.11 Å². The first-order valence-electron chi connectivity index (χ1n) is 11.6. The van der Waals surface area contributed by atoms with Crippen LogP contribution in [0.25, 0.3) is 17.1 Å². The van der Waals surface area contributed by atoms with Crippen LogP contribution in [0, 0.1) is 18.3 Å². The van der Waals surface area contributed by atoms with Gasteiger partial charge in [-0.05, 0) is 42.5 Å². The molecule has 4 rings (SSSR count). The molecule has 0 saturated heterocycles. The number of aromatic nitrogens is 4. The Hall–Kier alpha value is -4.31. The van der Waals surface area contributed by atoms with Crippen molar-refractivity contribution in [3.8, 4) is 28.9 Å². The Morgan fingerprint density at radius 2 is 1.77 bits per heavy atom. The number of unbranched alkanes of at least 4 members (excludes halogenated alkanes) is 1. The summed E-state index contributed by atoms with van der Waals surface area (Å²) in [4.78, 5) is 27.1. The van der Waals surface area contributed by atoms with E-state index in [1.807, 2.05) is 48.5 Å². The number of hydrogen-bond donors (Lipinski definition) is 0. The van der Waals surface area contributed by atoms with Crippen LogP contribution in [0.1, 0.15) is 48.0 Å². The summed E-state index contributed by atoms with van der Waals surface area (Å²) in [5, 5.41) is 9.42. The highest BCUT2D eigenvalue weighted by atomic mass is 16.5. The Morgan fingerprint density at radius 1 is 1.06 bits per heavy atom. The van der Waals surface area contributed by atoms with Gasteiger partial charge in [-0.15, -0.1) is 0 Å². The number of rotatable bonds is 8. The molecule has 0 bridgehead atoms. The normalized spacial score (nSPS) is 10.7. The van der Waals surface area contributed by atoms with Crippen LogP contribution in [0.2, 0.25) is 0 Å². The molecule has 176 valence electrons.